The second-order valence-electron chi connectivity index (χ2n) is 5.51. The van der Waals surface area contributed by atoms with Gasteiger partial charge in [0.2, 0.25) is 0 Å². The first-order valence-electron chi connectivity index (χ1n) is 7.08. The van der Waals surface area contributed by atoms with Gasteiger partial charge in [-0.15, -0.1) is 11.3 Å². The Hall–Kier alpha value is 0.0500. The van der Waals surface area contributed by atoms with E-state index in [1.54, 1.807) is 10.4 Å². The lowest BCUT2D eigenvalue weighted by Crippen LogP contribution is -2.46. The molecule has 1 saturated heterocycles. The molecule has 1 aromatic rings. The fourth-order valence-corrected chi connectivity index (χ4v) is 6.52. The Bertz CT molecular complexity index is 563. The third-order valence-corrected chi connectivity index (χ3v) is 7.89. The highest BCUT2D eigenvalue weighted by molar-refractivity contribution is 9.11. The molecule has 1 aliphatic heterocycles. The number of halogens is 1. The summed E-state index contributed by atoms with van der Waals surface area (Å²) < 4.78 is 28.6. The van der Waals surface area contributed by atoms with Crippen LogP contribution in [0.4, 0.5) is 0 Å². The topological polar surface area (TPSA) is 49.4 Å². The third-order valence-electron chi connectivity index (χ3n) is 3.88. The Labute approximate surface area is 132 Å². The van der Waals surface area contributed by atoms with E-state index in [0.29, 0.717) is 16.8 Å². The van der Waals surface area contributed by atoms with Crippen LogP contribution in [0.15, 0.2) is 20.1 Å². The fourth-order valence-electron chi connectivity index (χ4n) is 2.65. The lowest BCUT2D eigenvalue weighted by Gasteiger charge is -2.29. The molecule has 0 aromatic carbocycles. The Balaban J connectivity index is 1.79. The van der Waals surface area contributed by atoms with Crippen molar-refractivity contribution in [3.05, 3.63) is 15.9 Å². The molecule has 0 bridgehead atoms. The number of hydrogen-bond acceptors (Lipinski definition) is 4. The number of nitrogens with zero attached hydrogens (tertiary/aromatic N) is 1. The number of thiophene rings is 1. The van der Waals surface area contributed by atoms with Crippen LogP contribution >= 0.6 is 27.3 Å². The Morgan fingerprint density at radius 1 is 1.30 bits per heavy atom. The van der Waals surface area contributed by atoms with Crippen molar-refractivity contribution in [1.82, 2.24) is 9.62 Å². The molecule has 3 rings (SSSR count). The molecular weight excluding hydrogens is 360 g/mol. The van der Waals surface area contributed by atoms with Crippen LogP contribution in [-0.4, -0.2) is 37.9 Å². The highest BCUT2D eigenvalue weighted by atomic mass is 79.9. The molecule has 20 heavy (non-hydrogen) atoms. The molecule has 2 heterocycles. The fraction of sp³-hybridized carbons (Fsp3) is 0.692. The first kappa shape index (κ1) is 15.0. The first-order chi connectivity index (χ1) is 9.57. The van der Waals surface area contributed by atoms with Gasteiger partial charge in [-0.2, -0.15) is 4.31 Å². The number of rotatable bonds is 5. The number of hydrogen-bond donors (Lipinski definition) is 1. The van der Waals surface area contributed by atoms with E-state index in [2.05, 4.69) is 21.2 Å². The van der Waals surface area contributed by atoms with Crippen molar-refractivity contribution in [3.63, 3.8) is 0 Å². The van der Waals surface area contributed by atoms with Gasteiger partial charge in [0.05, 0.1) is 3.79 Å². The maximum absolute atomic E-state index is 12.8. The average Bonchev–Trinajstić information content (AvgIpc) is 3.17. The molecular formula is C13H19BrN2O2S2. The zero-order valence-electron chi connectivity index (χ0n) is 11.2. The molecule has 1 atom stereocenters. The number of sulfonamides is 1. The van der Waals surface area contributed by atoms with E-state index in [0.717, 1.165) is 29.6 Å². The molecule has 2 aliphatic rings. The van der Waals surface area contributed by atoms with Gasteiger partial charge in [-0.1, -0.05) is 6.42 Å². The van der Waals surface area contributed by atoms with Gasteiger partial charge in [0, 0.05) is 18.6 Å². The Morgan fingerprint density at radius 3 is 2.65 bits per heavy atom. The quantitative estimate of drug-likeness (QED) is 0.856. The van der Waals surface area contributed by atoms with Crippen LogP contribution in [0.25, 0.3) is 0 Å². The van der Waals surface area contributed by atoms with Gasteiger partial charge < -0.3 is 5.32 Å². The smallest absolute Gasteiger partial charge is 0.252 e. The van der Waals surface area contributed by atoms with Crippen LogP contribution in [0, 0.1) is 0 Å². The maximum Gasteiger partial charge on any atom is 0.252 e. The van der Waals surface area contributed by atoms with Gasteiger partial charge in [0.1, 0.15) is 4.21 Å². The summed E-state index contributed by atoms with van der Waals surface area (Å²) in [6.07, 6.45) is 5.47. The van der Waals surface area contributed by atoms with Crippen molar-refractivity contribution < 1.29 is 8.42 Å². The normalized spacial score (nSPS) is 24.2. The van der Waals surface area contributed by atoms with E-state index >= 15 is 0 Å². The zero-order valence-corrected chi connectivity index (χ0v) is 14.4. The van der Waals surface area contributed by atoms with Crippen LogP contribution < -0.4 is 5.32 Å². The molecule has 2 fully saturated rings. The second kappa shape index (κ2) is 6.04. The predicted molar refractivity (Wildman–Crippen MR) is 84.6 cm³/mol. The van der Waals surface area contributed by atoms with Crippen molar-refractivity contribution >= 4 is 37.3 Å². The third kappa shape index (κ3) is 3.27. The molecule has 1 saturated carbocycles. The van der Waals surface area contributed by atoms with E-state index in [9.17, 15) is 8.42 Å². The highest BCUT2D eigenvalue weighted by Crippen LogP contribution is 2.35. The molecule has 7 heteroatoms. The Kier molecular flexibility index (Phi) is 4.52. The van der Waals surface area contributed by atoms with Gasteiger partial charge in [-0.3, -0.25) is 0 Å². The van der Waals surface area contributed by atoms with Crippen molar-refractivity contribution in [1.29, 1.82) is 0 Å². The summed E-state index contributed by atoms with van der Waals surface area (Å²) >= 11 is 4.64. The molecule has 112 valence electrons. The maximum atomic E-state index is 12.8. The largest absolute Gasteiger partial charge is 0.313 e. The lowest BCUT2D eigenvalue weighted by atomic mass is 10.1. The highest BCUT2D eigenvalue weighted by Gasteiger charge is 2.39. The minimum Gasteiger partial charge on any atom is -0.313 e. The summed E-state index contributed by atoms with van der Waals surface area (Å²) in [6, 6.07) is 4.03. The minimum atomic E-state index is -3.33. The SMILES string of the molecule is O=S(=O)(c1ccc(Br)s1)N(CC1CCCCN1)C1CC1. The van der Waals surface area contributed by atoms with Crippen molar-refractivity contribution in [2.45, 2.75) is 48.4 Å². The van der Waals surface area contributed by atoms with E-state index in [1.165, 1.54) is 24.2 Å². The molecule has 0 spiro atoms. The number of nitrogens with one attached hydrogen (secondary N) is 1. The lowest BCUT2D eigenvalue weighted by molar-refractivity contribution is 0.308. The minimum absolute atomic E-state index is 0.213. The summed E-state index contributed by atoms with van der Waals surface area (Å²) in [6.45, 7) is 1.62. The van der Waals surface area contributed by atoms with E-state index in [-0.39, 0.29) is 6.04 Å². The van der Waals surface area contributed by atoms with E-state index in [1.807, 2.05) is 6.07 Å². The summed E-state index contributed by atoms with van der Waals surface area (Å²) in [5.41, 5.74) is 0. The van der Waals surface area contributed by atoms with Gasteiger partial charge >= 0.3 is 0 Å². The van der Waals surface area contributed by atoms with Crippen LogP contribution in [0.1, 0.15) is 32.1 Å². The van der Waals surface area contributed by atoms with Gasteiger partial charge in [-0.25, -0.2) is 8.42 Å². The van der Waals surface area contributed by atoms with Crippen LogP contribution in [-0.2, 0) is 10.0 Å². The van der Waals surface area contributed by atoms with E-state index in [4.69, 9.17) is 0 Å². The monoisotopic (exact) mass is 378 g/mol. The van der Waals surface area contributed by atoms with Crippen molar-refractivity contribution in [2.24, 2.45) is 0 Å². The van der Waals surface area contributed by atoms with Crippen LogP contribution in [0.2, 0.25) is 0 Å². The van der Waals surface area contributed by atoms with Gasteiger partial charge in [-0.05, 0) is 60.3 Å². The summed E-state index contributed by atoms with van der Waals surface area (Å²) in [5.74, 6) is 0. The molecule has 1 aliphatic carbocycles. The van der Waals surface area contributed by atoms with E-state index < -0.39 is 10.0 Å². The zero-order chi connectivity index (χ0) is 14.2. The number of piperidine rings is 1. The van der Waals surface area contributed by atoms with Crippen LogP contribution in [0.5, 0.6) is 0 Å². The van der Waals surface area contributed by atoms with Crippen molar-refractivity contribution in [3.8, 4) is 0 Å². The molecule has 0 radical (unpaired) electrons. The summed E-state index contributed by atoms with van der Waals surface area (Å²) in [7, 11) is -3.33. The molecule has 1 aromatic heterocycles. The predicted octanol–water partition coefficient (Wildman–Crippen LogP) is 2.81. The standard InChI is InChI=1S/C13H19BrN2O2S2/c14-12-6-7-13(19-12)20(17,18)16(11-4-5-11)9-10-3-1-2-8-15-10/h6-7,10-11,15H,1-5,8-9H2. The second-order valence-corrected chi connectivity index (χ2v) is 10.1. The molecule has 4 nitrogen and oxygen atoms in total. The summed E-state index contributed by atoms with van der Waals surface area (Å²) in [5, 5.41) is 3.45. The van der Waals surface area contributed by atoms with Crippen LogP contribution in [0.3, 0.4) is 0 Å². The van der Waals surface area contributed by atoms with Crippen molar-refractivity contribution in [2.75, 3.05) is 13.1 Å². The average molecular weight is 379 g/mol. The summed E-state index contributed by atoms with van der Waals surface area (Å²) in [4.78, 5) is 0. The molecule has 1 N–H and O–H groups in total. The molecule has 1 unspecified atom stereocenters. The molecule has 0 amide bonds. The Morgan fingerprint density at radius 2 is 2.10 bits per heavy atom. The van der Waals surface area contributed by atoms with Gasteiger partial charge in [0.25, 0.3) is 10.0 Å². The first-order valence-corrected chi connectivity index (χ1v) is 10.1. The van der Waals surface area contributed by atoms with Gasteiger partial charge in [0.15, 0.2) is 0 Å².